The van der Waals surface area contributed by atoms with Crippen molar-refractivity contribution in [2.75, 3.05) is 7.11 Å². The van der Waals surface area contributed by atoms with Gasteiger partial charge in [-0.1, -0.05) is 24.3 Å². The summed E-state index contributed by atoms with van der Waals surface area (Å²) in [4.78, 5) is 17.0. The number of hydrogen-bond donors (Lipinski definition) is 1. The van der Waals surface area contributed by atoms with Gasteiger partial charge in [0.2, 0.25) is 0 Å². The molecule has 0 spiro atoms. The molecule has 5 nitrogen and oxygen atoms in total. The smallest absolute Gasteiger partial charge is 0.251 e. The number of methoxy groups -OCH3 is 1. The lowest BCUT2D eigenvalue weighted by Crippen LogP contribution is -2.31. The number of ether oxygens (including phenoxy) is 2. The number of fused-ring (bicyclic) bond motifs is 1. The van der Waals surface area contributed by atoms with Crippen molar-refractivity contribution in [3.63, 3.8) is 0 Å². The van der Waals surface area contributed by atoms with Crippen LogP contribution in [0.3, 0.4) is 0 Å². The van der Waals surface area contributed by atoms with Crippen LogP contribution in [0, 0.1) is 0 Å². The molecule has 1 atom stereocenters. The normalized spacial score (nSPS) is 15.5. The molecule has 6 heteroatoms. The van der Waals surface area contributed by atoms with Crippen molar-refractivity contribution in [1.82, 2.24) is 10.3 Å². The highest BCUT2D eigenvalue weighted by atomic mass is 32.1. The number of thiazole rings is 1. The third-order valence-electron chi connectivity index (χ3n) is 4.96. The first-order chi connectivity index (χ1) is 13.7. The average Bonchev–Trinajstić information content (AvgIpc) is 3.26. The molecule has 3 aromatic rings. The molecule has 4 rings (SSSR count). The molecule has 1 aliphatic rings. The van der Waals surface area contributed by atoms with E-state index in [1.807, 2.05) is 11.4 Å². The number of aryl methyl sites for hydroxylation is 1. The topological polar surface area (TPSA) is 60.5 Å². The van der Waals surface area contributed by atoms with E-state index in [-0.39, 0.29) is 11.9 Å². The van der Waals surface area contributed by atoms with Crippen molar-refractivity contribution in [3.05, 3.63) is 75.7 Å². The minimum atomic E-state index is -0.106. The van der Waals surface area contributed by atoms with Gasteiger partial charge >= 0.3 is 0 Å². The zero-order chi connectivity index (χ0) is 19.3. The highest BCUT2D eigenvalue weighted by Gasteiger charge is 2.22. The Bertz CT molecular complexity index is 956. The molecule has 0 bridgehead atoms. The van der Waals surface area contributed by atoms with Crippen LogP contribution in [0.5, 0.6) is 11.5 Å². The molecule has 2 aromatic carbocycles. The molecule has 0 unspecified atom stereocenters. The number of aromatic nitrogens is 1. The predicted octanol–water partition coefficient (Wildman–Crippen LogP) is 4.54. The van der Waals surface area contributed by atoms with Gasteiger partial charge in [-0.05, 0) is 48.6 Å². The van der Waals surface area contributed by atoms with Crippen LogP contribution in [-0.2, 0) is 13.0 Å². The van der Waals surface area contributed by atoms with Crippen LogP contribution in [0.4, 0.5) is 0 Å². The van der Waals surface area contributed by atoms with Gasteiger partial charge in [-0.25, -0.2) is 4.98 Å². The van der Waals surface area contributed by atoms with Crippen molar-refractivity contribution in [2.45, 2.75) is 31.9 Å². The predicted molar refractivity (Wildman–Crippen MR) is 109 cm³/mol. The van der Waals surface area contributed by atoms with Gasteiger partial charge in [-0.15, -0.1) is 11.3 Å². The van der Waals surface area contributed by atoms with Crippen LogP contribution >= 0.6 is 11.3 Å². The minimum Gasteiger partial charge on any atom is -0.493 e. The Hall–Kier alpha value is -2.86. The van der Waals surface area contributed by atoms with E-state index in [4.69, 9.17) is 9.47 Å². The average molecular weight is 394 g/mol. The number of hydrogen-bond acceptors (Lipinski definition) is 5. The van der Waals surface area contributed by atoms with Gasteiger partial charge in [0.05, 0.1) is 24.4 Å². The second-order valence-electron chi connectivity index (χ2n) is 6.75. The van der Waals surface area contributed by atoms with Gasteiger partial charge in [-0.2, -0.15) is 0 Å². The summed E-state index contributed by atoms with van der Waals surface area (Å²) in [5.74, 6) is 1.02. The van der Waals surface area contributed by atoms with Gasteiger partial charge in [0.25, 0.3) is 5.91 Å². The van der Waals surface area contributed by atoms with Crippen molar-refractivity contribution >= 4 is 17.2 Å². The second kappa shape index (κ2) is 8.44. The summed E-state index contributed by atoms with van der Waals surface area (Å²) in [5, 5.41) is 5.11. The van der Waals surface area contributed by atoms with Crippen molar-refractivity contribution in [1.29, 1.82) is 0 Å². The lowest BCUT2D eigenvalue weighted by atomic mass is 9.87. The second-order valence-corrected chi connectivity index (χ2v) is 7.47. The molecule has 1 aliphatic carbocycles. The van der Waals surface area contributed by atoms with Crippen LogP contribution in [0.1, 0.15) is 46.1 Å². The maximum Gasteiger partial charge on any atom is 0.251 e. The van der Waals surface area contributed by atoms with E-state index < -0.39 is 0 Å². The van der Waals surface area contributed by atoms with E-state index in [1.54, 1.807) is 30.8 Å². The molecule has 0 fully saturated rings. The monoisotopic (exact) mass is 394 g/mol. The Labute approximate surface area is 168 Å². The molecule has 0 aliphatic heterocycles. The van der Waals surface area contributed by atoms with Crippen LogP contribution in [0.2, 0.25) is 0 Å². The zero-order valence-corrected chi connectivity index (χ0v) is 16.5. The van der Waals surface area contributed by atoms with Crippen LogP contribution in [0.25, 0.3) is 0 Å². The SMILES string of the molecule is COc1cc(C(=O)N[C@@H]2CCCc3ccccc32)ccc1OCc1cscn1. The summed E-state index contributed by atoms with van der Waals surface area (Å²) in [5.41, 5.74) is 5.73. The molecule has 1 N–H and O–H groups in total. The highest BCUT2D eigenvalue weighted by Crippen LogP contribution is 2.31. The maximum atomic E-state index is 12.8. The van der Waals surface area contributed by atoms with Crippen LogP contribution in [0.15, 0.2) is 53.4 Å². The third-order valence-corrected chi connectivity index (χ3v) is 5.59. The number of benzene rings is 2. The molecular weight excluding hydrogens is 372 g/mol. The summed E-state index contributed by atoms with van der Waals surface area (Å²) in [6, 6.07) is 13.6. The van der Waals surface area contributed by atoms with Crippen molar-refractivity contribution in [2.24, 2.45) is 0 Å². The summed E-state index contributed by atoms with van der Waals surface area (Å²) >= 11 is 1.53. The molecular formula is C22H22N2O3S. The van der Waals surface area contributed by atoms with Gasteiger partial charge in [0.15, 0.2) is 11.5 Å². The van der Waals surface area contributed by atoms with E-state index in [1.165, 1.54) is 22.5 Å². The molecule has 0 saturated carbocycles. The largest absolute Gasteiger partial charge is 0.493 e. The number of nitrogens with zero attached hydrogens (tertiary/aromatic N) is 1. The van der Waals surface area contributed by atoms with E-state index in [2.05, 4.69) is 28.5 Å². The summed E-state index contributed by atoms with van der Waals surface area (Å²) in [7, 11) is 1.57. The standard InChI is InChI=1S/C22H22N2O3S/c1-26-21-11-16(9-10-20(21)27-12-17-13-28-14-23-17)22(25)24-19-8-4-6-15-5-2-3-7-18(15)19/h2-3,5,7,9-11,13-14,19H,4,6,8,12H2,1H3,(H,24,25)/t19-/m1/s1. The Kier molecular flexibility index (Phi) is 5.58. The molecule has 28 heavy (non-hydrogen) atoms. The Morgan fingerprint density at radius 3 is 2.96 bits per heavy atom. The number of nitrogens with one attached hydrogen (secondary N) is 1. The number of carbonyl (C=O) groups is 1. The summed E-state index contributed by atoms with van der Waals surface area (Å²) in [6.07, 6.45) is 3.10. The first-order valence-electron chi connectivity index (χ1n) is 9.31. The van der Waals surface area contributed by atoms with E-state index in [9.17, 15) is 4.79 Å². The third kappa shape index (κ3) is 4.02. The highest BCUT2D eigenvalue weighted by molar-refractivity contribution is 7.07. The quantitative estimate of drug-likeness (QED) is 0.667. The Morgan fingerprint density at radius 2 is 2.14 bits per heavy atom. The maximum absolute atomic E-state index is 12.8. The zero-order valence-electron chi connectivity index (χ0n) is 15.7. The van der Waals surface area contributed by atoms with Crippen molar-refractivity contribution < 1.29 is 14.3 Å². The minimum absolute atomic E-state index is 0.0454. The van der Waals surface area contributed by atoms with E-state index in [0.29, 0.717) is 23.7 Å². The molecule has 1 heterocycles. The first-order valence-corrected chi connectivity index (χ1v) is 10.3. The lowest BCUT2D eigenvalue weighted by molar-refractivity contribution is 0.0932. The van der Waals surface area contributed by atoms with Gasteiger partial charge in [0.1, 0.15) is 6.61 Å². The van der Waals surface area contributed by atoms with Crippen LogP contribution in [-0.4, -0.2) is 18.0 Å². The first kappa shape index (κ1) is 18.5. The van der Waals surface area contributed by atoms with Gasteiger partial charge in [-0.3, -0.25) is 4.79 Å². The Balaban J connectivity index is 1.47. The molecule has 1 amide bonds. The van der Waals surface area contributed by atoms with Gasteiger partial charge in [0, 0.05) is 10.9 Å². The molecule has 0 saturated heterocycles. The van der Waals surface area contributed by atoms with E-state index in [0.717, 1.165) is 25.0 Å². The number of carbonyl (C=O) groups excluding carboxylic acids is 1. The van der Waals surface area contributed by atoms with Crippen molar-refractivity contribution in [3.8, 4) is 11.5 Å². The Morgan fingerprint density at radius 1 is 1.25 bits per heavy atom. The number of amides is 1. The molecule has 144 valence electrons. The fourth-order valence-electron chi connectivity index (χ4n) is 3.53. The molecule has 1 aromatic heterocycles. The fraction of sp³-hybridized carbons (Fsp3) is 0.273. The van der Waals surface area contributed by atoms with E-state index >= 15 is 0 Å². The summed E-state index contributed by atoms with van der Waals surface area (Å²) in [6.45, 7) is 0.365. The van der Waals surface area contributed by atoms with Gasteiger partial charge < -0.3 is 14.8 Å². The summed E-state index contributed by atoms with van der Waals surface area (Å²) < 4.78 is 11.2. The number of rotatable bonds is 6. The van der Waals surface area contributed by atoms with Crippen LogP contribution < -0.4 is 14.8 Å². The lowest BCUT2D eigenvalue weighted by Gasteiger charge is -2.26. The molecule has 0 radical (unpaired) electrons. The fourth-order valence-corrected chi connectivity index (χ4v) is 4.08.